The molecule has 1 saturated carbocycles. The highest BCUT2D eigenvalue weighted by atomic mass is 79.9. The number of halogens is 2. The largest absolute Gasteiger partial charge is 0.366 e. The van der Waals surface area contributed by atoms with Crippen molar-refractivity contribution >= 4 is 32.7 Å². The predicted molar refractivity (Wildman–Crippen MR) is 130 cm³/mol. The van der Waals surface area contributed by atoms with Crippen molar-refractivity contribution in [3.63, 3.8) is 0 Å². The molecule has 3 aromatic rings. The van der Waals surface area contributed by atoms with Crippen molar-refractivity contribution in [1.29, 1.82) is 5.26 Å². The Morgan fingerprint density at radius 1 is 1.15 bits per heavy atom. The van der Waals surface area contributed by atoms with E-state index in [4.69, 9.17) is 4.98 Å². The zero-order valence-electron chi connectivity index (χ0n) is 18.5. The Morgan fingerprint density at radius 3 is 2.48 bits per heavy atom. The molecule has 2 aliphatic rings. The molecule has 6 nitrogen and oxygen atoms in total. The van der Waals surface area contributed by atoms with E-state index in [1.165, 1.54) is 12.1 Å². The third-order valence-electron chi connectivity index (χ3n) is 6.83. The van der Waals surface area contributed by atoms with Crippen LogP contribution in [0.1, 0.15) is 36.9 Å². The minimum atomic E-state index is -0.234. The monoisotopic (exact) mass is 509 g/mol. The molecule has 0 spiro atoms. The van der Waals surface area contributed by atoms with Gasteiger partial charge in [-0.3, -0.25) is 9.69 Å². The molecule has 3 heterocycles. The number of hydrogen-bond donors (Lipinski definition) is 0. The van der Waals surface area contributed by atoms with Gasteiger partial charge in [-0.2, -0.15) is 5.26 Å². The van der Waals surface area contributed by atoms with E-state index in [-0.39, 0.29) is 23.0 Å². The highest BCUT2D eigenvalue weighted by Gasteiger charge is 2.29. The van der Waals surface area contributed by atoms with Crippen molar-refractivity contribution in [2.24, 2.45) is 5.92 Å². The van der Waals surface area contributed by atoms with Crippen LogP contribution in [0.4, 0.5) is 10.1 Å². The first-order chi connectivity index (χ1) is 16.0. The third kappa shape index (κ3) is 4.28. The number of anilines is 1. The fourth-order valence-electron chi connectivity index (χ4n) is 4.72. The predicted octanol–water partition coefficient (Wildman–Crippen LogP) is 4.46. The van der Waals surface area contributed by atoms with E-state index < -0.39 is 0 Å². The fraction of sp³-hybridized carbons (Fsp3) is 0.400. The molecule has 0 N–H and O–H groups in total. The van der Waals surface area contributed by atoms with Gasteiger partial charge >= 0.3 is 0 Å². The van der Waals surface area contributed by atoms with Crippen LogP contribution in [0.3, 0.4) is 0 Å². The summed E-state index contributed by atoms with van der Waals surface area (Å²) in [6.45, 7) is 5.65. The molecule has 2 aromatic heterocycles. The molecule has 1 aliphatic carbocycles. The number of hydrogen-bond acceptors (Lipinski definition) is 5. The Balaban J connectivity index is 1.48. The van der Waals surface area contributed by atoms with E-state index in [1.807, 2.05) is 24.3 Å². The van der Waals surface area contributed by atoms with Crippen molar-refractivity contribution in [1.82, 2.24) is 14.5 Å². The van der Waals surface area contributed by atoms with Crippen molar-refractivity contribution in [3.05, 3.63) is 68.3 Å². The number of pyridine rings is 2. The summed E-state index contributed by atoms with van der Waals surface area (Å²) in [6.07, 6.45) is 2.24. The molecule has 0 unspecified atom stereocenters. The number of piperazine rings is 1. The van der Waals surface area contributed by atoms with E-state index >= 15 is 0 Å². The third-order valence-corrected chi connectivity index (χ3v) is 7.27. The van der Waals surface area contributed by atoms with Crippen LogP contribution in [0.15, 0.2) is 45.8 Å². The van der Waals surface area contributed by atoms with Gasteiger partial charge < -0.3 is 9.47 Å². The minimum Gasteiger partial charge on any atom is -0.366 e. The average Bonchev–Trinajstić information content (AvgIpc) is 3.65. The lowest BCUT2D eigenvalue weighted by atomic mass is 10.1. The van der Waals surface area contributed by atoms with Crippen molar-refractivity contribution in [3.8, 4) is 6.07 Å². The Labute approximate surface area is 200 Å². The molecule has 8 heteroatoms. The molecule has 5 rings (SSSR count). The Kier molecular flexibility index (Phi) is 5.94. The topological polar surface area (TPSA) is 65.2 Å². The highest BCUT2D eigenvalue weighted by Crippen LogP contribution is 2.34. The van der Waals surface area contributed by atoms with Gasteiger partial charge in [0, 0.05) is 38.8 Å². The van der Waals surface area contributed by atoms with Crippen LogP contribution in [-0.4, -0.2) is 40.6 Å². The summed E-state index contributed by atoms with van der Waals surface area (Å²) in [7, 11) is 0. The van der Waals surface area contributed by atoms with Crippen LogP contribution in [-0.2, 0) is 6.54 Å². The second-order valence-corrected chi connectivity index (χ2v) is 9.76. The summed E-state index contributed by atoms with van der Waals surface area (Å²) < 4.78 is 15.7. The summed E-state index contributed by atoms with van der Waals surface area (Å²) in [5.74, 6) is 0.269. The zero-order chi connectivity index (χ0) is 23.1. The quantitative estimate of drug-likeness (QED) is 0.475. The first-order valence-corrected chi connectivity index (χ1v) is 12.1. The fourth-order valence-corrected chi connectivity index (χ4v) is 5.03. The molecule has 1 atom stereocenters. The summed E-state index contributed by atoms with van der Waals surface area (Å²) in [5.41, 5.74) is 3.14. The average molecular weight is 510 g/mol. The Morgan fingerprint density at radius 2 is 1.85 bits per heavy atom. The second kappa shape index (κ2) is 8.88. The van der Waals surface area contributed by atoms with Crippen molar-refractivity contribution in [2.75, 3.05) is 31.1 Å². The van der Waals surface area contributed by atoms with Crippen molar-refractivity contribution < 1.29 is 4.39 Å². The van der Waals surface area contributed by atoms with Crippen LogP contribution in [0, 0.1) is 23.1 Å². The molecule has 2 fully saturated rings. The number of rotatable bonds is 5. The Bertz CT molecular complexity index is 1290. The molecule has 1 aliphatic heterocycles. The highest BCUT2D eigenvalue weighted by molar-refractivity contribution is 9.10. The van der Waals surface area contributed by atoms with Gasteiger partial charge in [0.2, 0.25) is 0 Å². The van der Waals surface area contributed by atoms with E-state index in [2.05, 4.69) is 38.7 Å². The van der Waals surface area contributed by atoms with Gasteiger partial charge in [0.1, 0.15) is 27.6 Å². The Hall–Kier alpha value is -2.76. The molecule has 1 saturated heterocycles. The van der Waals surface area contributed by atoms with Gasteiger partial charge in [0.25, 0.3) is 5.56 Å². The zero-order valence-corrected chi connectivity index (χ0v) is 20.1. The van der Waals surface area contributed by atoms with E-state index in [1.54, 1.807) is 4.57 Å². The number of benzene rings is 1. The lowest BCUT2D eigenvalue weighted by Crippen LogP contribution is -2.48. The lowest BCUT2D eigenvalue weighted by molar-refractivity contribution is 0.198. The SMILES string of the molecule is C[C@@H](c1ccc(F)cc1)N1CCN(c2c(C#N)c(=O)n(CC3CC3)c3ccc(Br)nc23)CC1. The van der Waals surface area contributed by atoms with Crippen LogP contribution >= 0.6 is 15.9 Å². The number of nitrogens with zero attached hydrogens (tertiary/aromatic N) is 5. The molecular formula is C25H25BrFN5O. The van der Waals surface area contributed by atoms with Gasteiger partial charge in [-0.15, -0.1) is 0 Å². The van der Waals surface area contributed by atoms with Gasteiger partial charge in [-0.05, 0) is 71.4 Å². The first-order valence-electron chi connectivity index (χ1n) is 11.3. The summed E-state index contributed by atoms with van der Waals surface area (Å²) in [6, 6.07) is 12.8. The normalized spacial score (nSPS) is 17.8. The second-order valence-electron chi connectivity index (χ2n) is 8.95. The minimum absolute atomic E-state index is 0.152. The summed E-state index contributed by atoms with van der Waals surface area (Å²) in [5, 5.41) is 9.97. The molecule has 33 heavy (non-hydrogen) atoms. The van der Waals surface area contributed by atoms with Crippen LogP contribution in [0.5, 0.6) is 0 Å². The molecule has 0 radical (unpaired) electrons. The standard InChI is InChI=1S/C25H25BrFN5O/c1-16(18-4-6-19(27)7-5-18)30-10-12-31(13-11-30)24-20(14-28)25(33)32(15-17-2-3-17)21-8-9-22(26)29-23(21)24/h4-9,16-17H,2-3,10-13,15H2,1H3/t16-/m0/s1. The maximum atomic E-state index is 13.3. The number of fused-ring (bicyclic) bond motifs is 1. The van der Waals surface area contributed by atoms with Gasteiger partial charge in [-0.1, -0.05) is 12.1 Å². The van der Waals surface area contributed by atoms with Crippen LogP contribution in [0.2, 0.25) is 0 Å². The van der Waals surface area contributed by atoms with E-state index in [0.29, 0.717) is 41.4 Å². The van der Waals surface area contributed by atoms with E-state index in [9.17, 15) is 14.4 Å². The maximum absolute atomic E-state index is 13.3. The molecule has 1 aromatic carbocycles. The van der Waals surface area contributed by atoms with Gasteiger partial charge in [-0.25, -0.2) is 9.37 Å². The number of aromatic nitrogens is 2. The molecular weight excluding hydrogens is 485 g/mol. The van der Waals surface area contributed by atoms with Crippen LogP contribution < -0.4 is 10.5 Å². The molecule has 0 amide bonds. The summed E-state index contributed by atoms with van der Waals surface area (Å²) >= 11 is 3.47. The molecule has 0 bridgehead atoms. The summed E-state index contributed by atoms with van der Waals surface area (Å²) in [4.78, 5) is 22.5. The maximum Gasteiger partial charge on any atom is 0.271 e. The lowest BCUT2D eigenvalue weighted by Gasteiger charge is -2.39. The van der Waals surface area contributed by atoms with E-state index in [0.717, 1.165) is 37.0 Å². The van der Waals surface area contributed by atoms with Crippen LogP contribution in [0.25, 0.3) is 11.0 Å². The van der Waals surface area contributed by atoms with Gasteiger partial charge in [0.15, 0.2) is 0 Å². The molecule has 170 valence electrons. The number of nitriles is 1. The van der Waals surface area contributed by atoms with Crippen molar-refractivity contribution in [2.45, 2.75) is 32.4 Å². The smallest absolute Gasteiger partial charge is 0.271 e. The first kappa shape index (κ1) is 22.1. The van der Waals surface area contributed by atoms with Gasteiger partial charge in [0.05, 0.1) is 11.2 Å².